The van der Waals surface area contributed by atoms with Crippen molar-refractivity contribution >= 4 is 5.97 Å². The SMILES string of the molecule is CC(=O)OC[C@H]1O[C@@H](n2cc(C)c(=O)[nH]c2=O)[C@H](O)[C@@H]1O. The van der Waals surface area contributed by atoms with E-state index in [2.05, 4.69) is 4.98 Å². The largest absolute Gasteiger partial charge is 0.463 e. The monoisotopic (exact) mass is 300 g/mol. The maximum atomic E-state index is 11.8. The molecule has 0 aromatic carbocycles. The number of nitrogens with one attached hydrogen (secondary N) is 1. The fraction of sp³-hybridized carbons (Fsp3) is 0.583. The van der Waals surface area contributed by atoms with Gasteiger partial charge in [-0.3, -0.25) is 19.1 Å². The van der Waals surface area contributed by atoms with Crippen molar-refractivity contribution in [3.63, 3.8) is 0 Å². The van der Waals surface area contributed by atoms with Crippen LogP contribution in [0, 0.1) is 6.92 Å². The van der Waals surface area contributed by atoms with E-state index in [1.54, 1.807) is 0 Å². The third-order valence-electron chi connectivity index (χ3n) is 3.21. The van der Waals surface area contributed by atoms with Crippen LogP contribution in [0.25, 0.3) is 0 Å². The number of aromatic nitrogens is 2. The third-order valence-corrected chi connectivity index (χ3v) is 3.21. The van der Waals surface area contributed by atoms with Gasteiger partial charge in [-0.15, -0.1) is 0 Å². The Morgan fingerprint density at radius 2 is 2.10 bits per heavy atom. The van der Waals surface area contributed by atoms with E-state index in [1.165, 1.54) is 20.0 Å². The van der Waals surface area contributed by atoms with Gasteiger partial charge in [0.1, 0.15) is 24.9 Å². The smallest absolute Gasteiger partial charge is 0.330 e. The highest BCUT2D eigenvalue weighted by Gasteiger charge is 2.44. The first-order valence-electron chi connectivity index (χ1n) is 6.28. The summed E-state index contributed by atoms with van der Waals surface area (Å²) in [6.07, 6.45) is -3.63. The van der Waals surface area contributed by atoms with Crippen LogP contribution in [-0.2, 0) is 14.3 Å². The molecule has 0 amide bonds. The molecule has 1 fully saturated rings. The van der Waals surface area contributed by atoms with Gasteiger partial charge in [0, 0.05) is 18.7 Å². The topological polar surface area (TPSA) is 131 Å². The second kappa shape index (κ2) is 5.80. The van der Waals surface area contributed by atoms with Gasteiger partial charge in [0.2, 0.25) is 0 Å². The molecule has 2 rings (SSSR count). The van der Waals surface area contributed by atoms with E-state index in [0.717, 1.165) is 4.57 Å². The minimum Gasteiger partial charge on any atom is -0.463 e. The Bertz CT molecular complexity index is 650. The van der Waals surface area contributed by atoms with Gasteiger partial charge in [0.25, 0.3) is 5.56 Å². The Kier molecular flexibility index (Phi) is 4.26. The van der Waals surface area contributed by atoms with Gasteiger partial charge in [-0.2, -0.15) is 0 Å². The number of aryl methyl sites for hydroxylation is 1. The molecular formula is C12H16N2O7. The lowest BCUT2D eigenvalue weighted by Crippen LogP contribution is -2.38. The number of hydrogen-bond donors (Lipinski definition) is 3. The summed E-state index contributed by atoms with van der Waals surface area (Å²) in [5.41, 5.74) is -1.06. The standard InChI is InChI=1S/C12H16N2O7/c1-5-3-14(12(19)13-10(5)18)11-9(17)8(16)7(21-11)4-20-6(2)15/h3,7-9,11,16-17H,4H2,1-2H3,(H,13,18,19)/t7-,8-,9-,11-/m1/s1. The maximum Gasteiger partial charge on any atom is 0.330 e. The first-order valence-corrected chi connectivity index (χ1v) is 6.28. The zero-order valence-corrected chi connectivity index (χ0v) is 11.5. The third kappa shape index (κ3) is 3.04. The van der Waals surface area contributed by atoms with Crippen molar-refractivity contribution in [1.29, 1.82) is 0 Å². The number of aliphatic hydroxyl groups is 2. The number of hydrogen-bond acceptors (Lipinski definition) is 7. The lowest BCUT2D eigenvalue weighted by molar-refractivity contribution is -0.147. The summed E-state index contributed by atoms with van der Waals surface area (Å²) in [5.74, 6) is -0.555. The van der Waals surface area contributed by atoms with Crippen molar-refractivity contribution < 1.29 is 24.5 Å². The lowest BCUT2D eigenvalue weighted by atomic mass is 10.1. The zero-order chi connectivity index (χ0) is 15.7. The molecule has 0 unspecified atom stereocenters. The number of aliphatic hydroxyl groups excluding tert-OH is 2. The van der Waals surface area contributed by atoms with Crippen LogP contribution in [0.4, 0.5) is 0 Å². The molecule has 3 N–H and O–H groups in total. The number of carbonyl (C=O) groups excluding carboxylic acids is 1. The first kappa shape index (κ1) is 15.4. The Labute approximate surface area is 118 Å². The number of H-pyrrole nitrogens is 1. The van der Waals surface area contributed by atoms with E-state index in [4.69, 9.17) is 9.47 Å². The van der Waals surface area contributed by atoms with Crippen molar-refractivity contribution in [2.24, 2.45) is 0 Å². The number of carbonyl (C=O) groups is 1. The normalized spacial score (nSPS) is 28.6. The fourth-order valence-electron chi connectivity index (χ4n) is 2.07. The number of aromatic amines is 1. The van der Waals surface area contributed by atoms with E-state index in [0.29, 0.717) is 0 Å². The van der Waals surface area contributed by atoms with Gasteiger partial charge in [0.15, 0.2) is 6.23 Å². The van der Waals surface area contributed by atoms with Crippen LogP contribution in [0.15, 0.2) is 15.8 Å². The average molecular weight is 300 g/mol. The molecule has 0 aliphatic carbocycles. The van der Waals surface area contributed by atoms with Crippen LogP contribution in [0.3, 0.4) is 0 Å². The van der Waals surface area contributed by atoms with Crippen LogP contribution in [0.1, 0.15) is 18.7 Å². The van der Waals surface area contributed by atoms with Gasteiger partial charge < -0.3 is 19.7 Å². The highest BCUT2D eigenvalue weighted by molar-refractivity contribution is 5.65. The molecule has 21 heavy (non-hydrogen) atoms. The predicted molar refractivity (Wildman–Crippen MR) is 68.6 cm³/mol. The summed E-state index contributed by atoms with van der Waals surface area (Å²) in [7, 11) is 0. The maximum absolute atomic E-state index is 11.8. The summed E-state index contributed by atoms with van der Waals surface area (Å²) >= 11 is 0. The number of rotatable bonds is 3. The van der Waals surface area contributed by atoms with Crippen LogP contribution < -0.4 is 11.2 Å². The molecule has 1 saturated heterocycles. The molecule has 1 aliphatic rings. The minimum absolute atomic E-state index is 0.249. The van der Waals surface area contributed by atoms with Crippen molar-refractivity contribution in [1.82, 2.24) is 9.55 Å². The molecular weight excluding hydrogens is 284 g/mol. The van der Waals surface area contributed by atoms with Crippen molar-refractivity contribution in [3.8, 4) is 0 Å². The van der Waals surface area contributed by atoms with Crippen molar-refractivity contribution in [2.45, 2.75) is 38.4 Å². The molecule has 116 valence electrons. The Balaban J connectivity index is 2.25. The summed E-state index contributed by atoms with van der Waals surface area (Å²) < 4.78 is 11.1. The average Bonchev–Trinajstić information content (AvgIpc) is 2.68. The van der Waals surface area contributed by atoms with E-state index in [9.17, 15) is 24.6 Å². The van der Waals surface area contributed by atoms with E-state index < -0.39 is 41.8 Å². The molecule has 0 saturated carbocycles. The molecule has 4 atom stereocenters. The van der Waals surface area contributed by atoms with Crippen LogP contribution >= 0.6 is 0 Å². The van der Waals surface area contributed by atoms with Crippen molar-refractivity contribution in [3.05, 3.63) is 32.6 Å². The second-order valence-corrected chi connectivity index (χ2v) is 4.83. The summed E-state index contributed by atoms with van der Waals surface area (Å²) in [4.78, 5) is 35.9. The van der Waals surface area contributed by atoms with Gasteiger partial charge in [0.05, 0.1) is 0 Å². The molecule has 9 heteroatoms. The molecule has 0 bridgehead atoms. The van der Waals surface area contributed by atoms with Gasteiger partial charge in [-0.1, -0.05) is 0 Å². The van der Waals surface area contributed by atoms with Crippen LogP contribution in [0.5, 0.6) is 0 Å². The molecule has 2 heterocycles. The molecule has 1 aliphatic heterocycles. The van der Waals surface area contributed by atoms with E-state index in [1.807, 2.05) is 0 Å². The van der Waals surface area contributed by atoms with Crippen LogP contribution in [0.2, 0.25) is 0 Å². The molecule has 0 radical (unpaired) electrons. The summed E-state index contributed by atoms with van der Waals surface area (Å²) in [6, 6.07) is 0. The summed E-state index contributed by atoms with van der Waals surface area (Å²) in [6.45, 7) is 2.44. The van der Waals surface area contributed by atoms with Gasteiger partial charge in [-0.25, -0.2) is 4.79 Å². The Morgan fingerprint density at radius 1 is 1.43 bits per heavy atom. The van der Waals surface area contributed by atoms with E-state index in [-0.39, 0.29) is 12.2 Å². The first-order chi connectivity index (χ1) is 9.81. The minimum atomic E-state index is -1.39. The Morgan fingerprint density at radius 3 is 2.71 bits per heavy atom. The highest BCUT2D eigenvalue weighted by atomic mass is 16.6. The molecule has 9 nitrogen and oxygen atoms in total. The second-order valence-electron chi connectivity index (χ2n) is 4.83. The van der Waals surface area contributed by atoms with E-state index >= 15 is 0 Å². The number of esters is 1. The molecule has 0 spiro atoms. The quantitative estimate of drug-likeness (QED) is 0.552. The zero-order valence-electron chi connectivity index (χ0n) is 11.5. The number of nitrogens with zero attached hydrogens (tertiary/aromatic N) is 1. The molecule has 1 aromatic rings. The molecule has 1 aromatic heterocycles. The summed E-state index contributed by atoms with van der Waals surface area (Å²) in [5, 5.41) is 19.8. The van der Waals surface area contributed by atoms with Crippen molar-refractivity contribution in [2.75, 3.05) is 6.61 Å². The fourth-order valence-corrected chi connectivity index (χ4v) is 2.07. The Hall–Kier alpha value is -1.97. The number of ether oxygens (including phenoxy) is 2. The van der Waals surface area contributed by atoms with Crippen LogP contribution in [-0.4, -0.2) is 50.7 Å². The predicted octanol–water partition coefficient (Wildman–Crippen LogP) is -1.97. The van der Waals surface area contributed by atoms with Gasteiger partial charge in [-0.05, 0) is 6.92 Å². The lowest BCUT2D eigenvalue weighted by Gasteiger charge is -2.17. The van der Waals surface area contributed by atoms with Gasteiger partial charge >= 0.3 is 11.7 Å². The highest BCUT2D eigenvalue weighted by Crippen LogP contribution is 2.28.